The van der Waals surface area contributed by atoms with Gasteiger partial charge in [0.15, 0.2) is 6.61 Å². The highest BCUT2D eigenvalue weighted by Gasteiger charge is 2.22. The standard InChI is InChI=1S/C29H32N4O4/c1-20-15-22(9-10-28(20)34)27(31)18-26(30)21-5-3-8-25(16-21)37-19-29(35)33-13-11-32(12-14-33)23-6-4-7-24(17-23)36-2/h3-10,15-18,30,34H,11-14,19,31H2,1-2H3. The number of phenolic OH excluding ortho intramolecular Hbond substituents is 1. The number of carbonyl (C=O) groups is 1. The van der Waals surface area contributed by atoms with Crippen molar-refractivity contribution in [3.05, 3.63) is 89.5 Å². The molecule has 37 heavy (non-hydrogen) atoms. The number of methoxy groups -OCH3 is 1. The van der Waals surface area contributed by atoms with Gasteiger partial charge in [0.2, 0.25) is 0 Å². The van der Waals surface area contributed by atoms with Crippen molar-refractivity contribution in [1.82, 2.24) is 4.90 Å². The summed E-state index contributed by atoms with van der Waals surface area (Å²) in [6, 6.07) is 20.1. The number of carbonyl (C=O) groups excluding carboxylic acids is 1. The normalized spacial score (nSPS) is 13.8. The number of rotatable bonds is 8. The Kier molecular flexibility index (Phi) is 7.98. The molecule has 0 unspecified atom stereocenters. The fourth-order valence-electron chi connectivity index (χ4n) is 4.17. The molecule has 3 aromatic rings. The SMILES string of the molecule is COc1cccc(N2CCN(C(=O)COc3cccc(C(=N)C=C(N)c4ccc(O)c(C)c4)c3)CC2)c1. The number of amides is 1. The zero-order chi connectivity index (χ0) is 26.4. The van der Waals surface area contributed by atoms with E-state index in [4.69, 9.17) is 20.6 Å². The number of hydrogen-bond donors (Lipinski definition) is 3. The van der Waals surface area contributed by atoms with Gasteiger partial charge in [-0.15, -0.1) is 0 Å². The molecule has 1 heterocycles. The van der Waals surface area contributed by atoms with Crippen LogP contribution in [0.15, 0.2) is 72.8 Å². The van der Waals surface area contributed by atoms with Crippen molar-refractivity contribution in [2.45, 2.75) is 6.92 Å². The predicted molar refractivity (Wildman–Crippen MR) is 146 cm³/mol. The molecule has 1 fully saturated rings. The van der Waals surface area contributed by atoms with Crippen LogP contribution in [0.1, 0.15) is 16.7 Å². The first kappa shape index (κ1) is 25.6. The minimum Gasteiger partial charge on any atom is -0.508 e. The lowest BCUT2D eigenvalue weighted by Crippen LogP contribution is -2.50. The van der Waals surface area contributed by atoms with Crippen molar-refractivity contribution >= 4 is 23.0 Å². The van der Waals surface area contributed by atoms with Gasteiger partial charge in [-0.05, 0) is 66.6 Å². The lowest BCUT2D eigenvalue weighted by atomic mass is 10.0. The first-order valence-corrected chi connectivity index (χ1v) is 12.1. The topological polar surface area (TPSA) is 112 Å². The van der Waals surface area contributed by atoms with E-state index >= 15 is 0 Å². The molecule has 0 atom stereocenters. The second-order valence-corrected chi connectivity index (χ2v) is 8.90. The molecule has 1 saturated heterocycles. The molecule has 0 bridgehead atoms. The van der Waals surface area contributed by atoms with Crippen molar-refractivity contribution in [3.63, 3.8) is 0 Å². The summed E-state index contributed by atoms with van der Waals surface area (Å²) < 4.78 is 11.1. The van der Waals surface area contributed by atoms with Crippen molar-refractivity contribution in [1.29, 1.82) is 5.41 Å². The summed E-state index contributed by atoms with van der Waals surface area (Å²) in [6.07, 6.45) is 1.57. The van der Waals surface area contributed by atoms with Gasteiger partial charge in [-0.3, -0.25) is 4.79 Å². The molecule has 3 aromatic carbocycles. The molecule has 0 aliphatic carbocycles. The van der Waals surface area contributed by atoms with Gasteiger partial charge in [0.25, 0.3) is 5.91 Å². The molecule has 0 saturated carbocycles. The predicted octanol–water partition coefficient (Wildman–Crippen LogP) is 3.80. The minimum absolute atomic E-state index is 0.0687. The second-order valence-electron chi connectivity index (χ2n) is 8.90. The highest BCUT2D eigenvalue weighted by atomic mass is 16.5. The highest BCUT2D eigenvalue weighted by Crippen LogP contribution is 2.23. The average Bonchev–Trinajstić information content (AvgIpc) is 2.93. The van der Waals surface area contributed by atoms with E-state index in [1.165, 1.54) is 0 Å². The quantitative estimate of drug-likeness (QED) is 0.406. The van der Waals surface area contributed by atoms with Gasteiger partial charge in [-0.2, -0.15) is 0 Å². The monoisotopic (exact) mass is 500 g/mol. The van der Waals surface area contributed by atoms with E-state index in [0.29, 0.717) is 35.7 Å². The van der Waals surface area contributed by atoms with Gasteiger partial charge in [-0.1, -0.05) is 18.2 Å². The third-order valence-electron chi connectivity index (χ3n) is 6.39. The molecule has 0 spiro atoms. The highest BCUT2D eigenvalue weighted by molar-refractivity contribution is 6.10. The third-order valence-corrected chi connectivity index (χ3v) is 6.39. The number of anilines is 1. The fraction of sp³-hybridized carbons (Fsp3) is 0.241. The molecular formula is C29H32N4O4. The molecular weight excluding hydrogens is 468 g/mol. The van der Waals surface area contributed by atoms with Crippen LogP contribution in [0.3, 0.4) is 0 Å². The Hall–Kier alpha value is -4.46. The van der Waals surface area contributed by atoms with Gasteiger partial charge in [0, 0.05) is 49.2 Å². The Morgan fingerprint density at radius 1 is 1.00 bits per heavy atom. The van der Waals surface area contributed by atoms with Gasteiger partial charge >= 0.3 is 0 Å². The van der Waals surface area contributed by atoms with Crippen molar-refractivity contribution in [2.24, 2.45) is 5.73 Å². The van der Waals surface area contributed by atoms with E-state index in [0.717, 1.165) is 30.1 Å². The summed E-state index contributed by atoms with van der Waals surface area (Å²) in [5, 5.41) is 18.2. The maximum atomic E-state index is 12.8. The third kappa shape index (κ3) is 6.41. The smallest absolute Gasteiger partial charge is 0.260 e. The van der Waals surface area contributed by atoms with Gasteiger partial charge in [0.05, 0.1) is 12.8 Å². The molecule has 1 aliphatic rings. The summed E-state index contributed by atoms with van der Waals surface area (Å²) >= 11 is 0. The Morgan fingerprint density at radius 2 is 1.73 bits per heavy atom. The lowest BCUT2D eigenvalue weighted by molar-refractivity contribution is -0.133. The van der Waals surface area contributed by atoms with E-state index < -0.39 is 0 Å². The molecule has 4 rings (SSSR count). The number of benzene rings is 3. The van der Waals surface area contributed by atoms with Crippen LogP contribution in [0.5, 0.6) is 17.2 Å². The summed E-state index contributed by atoms with van der Waals surface area (Å²) in [5.74, 6) is 1.45. The van der Waals surface area contributed by atoms with Crippen LogP contribution in [-0.4, -0.2) is 61.5 Å². The zero-order valence-electron chi connectivity index (χ0n) is 21.1. The molecule has 8 heteroatoms. The molecule has 8 nitrogen and oxygen atoms in total. The molecule has 1 amide bonds. The summed E-state index contributed by atoms with van der Waals surface area (Å²) in [5.41, 5.74) is 9.95. The number of allylic oxidation sites excluding steroid dienone is 1. The van der Waals surface area contributed by atoms with E-state index in [-0.39, 0.29) is 24.0 Å². The van der Waals surface area contributed by atoms with Crippen LogP contribution < -0.4 is 20.1 Å². The second kappa shape index (κ2) is 11.5. The van der Waals surface area contributed by atoms with Crippen LogP contribution in [0.25, 0.3) is 5.70 Å². The largest absolute Gasteiger partial charge is 0.508 e. The number of nitrogens with two attached hydrogens (primary N) is 1. The first-order valence-electron chi connectivity index (χ1n) is 12.1. The Morgan fingerprint density at radius 3 is 2.46 bits per heavy atom. The lowest BCUT2D eigenvalue weighted by Gasteiger charge is -2.36. The zero-order valence-corrected chi connectivity index (χ0v) is 21.1. The summed E-state index contributed by atoms with van der Waals surface area (Å²) in [7, 11) is 1.65. The molecule has 1 aliphatic heterocycles. The van der Waals surface area contributed by atoms with Gasteiger partial charge in [-0.25, -0.2) is 0 Å². The van der Waals surface area contributed by atoms with E-state index in [1.54, 1.807) is 62.6 Å². The number of hydrogen-bond acceptors (Lipinski definition) is 7. The molecule has 0 radical (unpaired) electrons. The van der Waals surface area contributed by atoms with Crippen LogP contribution in [-0.2, 0) is 4.79 Å². The van der Waals surface area contributed by atoms with Crippen molar-refractivity contribution in [3.8, 4) is 17.2 Å². The van der Waals surface area contributed by atoms with E-state index in [2.05, 4.69) is 4.90 Å². The Bertz CT molecular complexity index is 1310. The number of piperazine rings is 1. The Labute approximate surface area is 217 Å². The van der Waals surface area contributed by atoms with E-state index in [9.17, 15) is 9.90 Å². The van der Waals surface area contributed by atoms with Crippen LogP contribution in [0.2, 0.25) is 0 Å². The number of phenols is 1. The van der Waals surface area contributed by atoms with Crippen molar-refractivity contribution < 1.29 is 19.4 Å². The number of nitrogens with zero attached hydrogens (tertiary/aromatic N) is 2. The average molecular weight is 501 g/mol. The van der Waals surface area contributed by atoms with Gasteiger partial charge < -0.3 is 35.5 Å². The Balaban J connectivity index is 1.31. The summed E-state index contributed by atoms with van der Waals surface area (Å²) in [6.45, 7) is 4.43. The maximum Gasteiger partial charge on any atom is 0.260 e. The number of ether oxygens (including phenoxy) is 2. The number of nitrogens with one attached hydrogen (secondary N) is 1. The van der Waals surface area contributed by atoms with Gasteiger partial charge in [0.1, 0.15) is 17.2 Å². The van der Waals surface area contributed by atoms with Crippen LogP contribution >= 0.6 is 0 Å². The molecule has 192 valence electrons. The van der Waals surface area contributed by atoms with E-state index in [1.807, 2.05) is 29.2 Å². The molecule has 0 aromatic heterocycles. The van der Waals surface area contributed by atoms with Crippen LogP contribution in [0, 0.1) is 12.3 Å². The number of aromatic hydroxyl groups is 1. The minimum atomic E-state index is -0.0717. The van der Waals surface area contributed by atoms with Crippen LogP contribution in [0.4, 0.5) is 5.69 Å². The fourth-order valence-corrected chi connectivity index (χ4v) is 4.17. The maximum absolute atomic E-state index is 12.8. The first-order chi connectivity index (χ1) is 17.8. The van der Waals surface area contributed by atoms with Crippen molar-refractivity contribution in [2.75, 3.05) is 44.8 Å². The number of aryl methyl sites for hydroxylation is 1. The molecule has 4 N–H and O–H groups in total. The summed E-state index contributed by atoms with van der Waals surface area (Å²) in [4.78, 5) is 16.8.